The van der Waals surface area contributed by atoms with Crippen LogP contribution in [0.15, 0.2) is 77.4 Å². The van der Waals surface area contributed by atoms with Gasteiger partial charge in [-0.05, 0) is 57.9 Å². The first-order valence-electron chi connectivity index (χ1n) is 9.84. The molecule has 0 saturated carbocycles. The van der Waals surface area contributed by atoms with E-state index in [9.17, 15) is 4.79 Å². The number of para-hydroxylation sites is 1. The molecule has 4 aromatic rings. The number of hydrogen-bond acceptors (Lipinski definition) is 3. The predicted octanol–water partition coefficient (Wildman–Crippen LogP) is 7.49. The quantitative estimate of drug-likeness (QED) is 0.253. The van der Waals surface area contributed by atoms with Crippen molar-refractivity contribution < 1.29 is 9.53 Å². The van der Waals surface area contributed by atoms with E-state index in [4.69, 9.17) is 39.5 Å². The molecule has 1 aromatic heterocycles. The molecule has 0 aliphatic rings. The number of carbonyl (C=O) groups excluding carboxylic acids is 1. The highest BCUT2D eigenvalue weighted by Gasteiger charge is 2.15. The number of nitrogens with one attached hydrogen (secondary N) is 1. The maximum Gasteiger partial charge on any atom is 0.256 e. The summed E-state index contributed by atoms with van der Waals surface area (Å²) in [6.07, 6.45) is 1.61. The smallest absolute Gasteiger partial charge is 0.256 e. The van der Waals surface area contributed by atoms with Crippen molar-refractivity contribution in [3.8, 4) is 5.75 Å². The Bertz CT molecular complexity index is 1290. The molecule has 3 aromatic carbocycles. The first-order chi connectivity index (χ1) is 15.9. The lowest BCUT2D eigenvalue weighted by Crippen LogP contribution is -2.13. The van der Waals surface area contributed by atoms with Crippen molar-refractivity contribution in [1.29, 1.82) is 0 Å². The zero-order chi connectivity index (χ0) is 23.4. The second kappa shape index (κ2) is 10.6. The fourth-order valence-corrected chi connectivity index (χ4v) is 4.23. The van der Waals surface area contributed by atoms with Gasteiger partial charge in [-0.2, -0.15) is 5.10 Å². The maximum absolute atomic E-state index is 12.8. The van der Waals surface area contributed by atoms with Crippen molar-refractivity contribution in [2.75, 3.05) is 5.32 Å². The topological polar surface area (TPSA) is 56.2 Å². The van der Waals surface area contributed by atoms with Crippen molar-refractivity contribution in [2.24, 2.45) is 0 Å². The van der Waals surface area contributed by atoms with Crippen molar-refractivity contribution in [3.05, 3.63) is 109 Å². The Hall–Kier alpha value is -2.51. The minimum absolute atomic E-state index is 0.250. The molecule has 0 fully saturated rings. The Labute approximate surface area is 214 Å². The summed E-state index contributed by atoms with van der Waals surface area (Å²) >= 11 is 22.2. The summed E-state index contributed by atoms with van der Waals surface area (Å²) < 4.78 is 8.28. The SMILES string of the molecule is O=C(Nc1nn(Cc2c(Cl)cccc2Cl)cc1Cl)c1cccc(COc2ccccc2Br)c1. The van der Waals surface area contributed by atoms with Gasteiger partial charge in [0, 0.05) is 27.4 Å². The molecule has 1 N–H and O–H groups in total. The van der Waals surface area contributed by atoms with Gasteiger partial charge in [-0.3, -0.25) is 9.48 Å². The number of aromatic nitrogens is 2. The number of rotatable bonds is 7. The molecular formula is C24H17BrCl3N3O2. The Morgan fingerprint density at radius 2 is 1.70 bits per heavy atom. The van der Waals surface area contributed by atoms with Gasteiger partial charge in [0.15, 0.2) is 5.82 Å². The van der Waals surface area contributed by atoms with Gasteiger partial charge in [-0.1, -0.05) is 65.1 Å². The second-order valence-electron chi connectivity index (χ2n) is 7.10. The number of halogens is 4. The molecule has 0 bridgehead atoms. The third-order valence-corrected chi connectivity index (χ3v) is 6.39. The largest absolute Gasteiger partial charge is 0.488 e. The Morgan fingerprint density at radius 3 is 2.45 bits per heavy atom. The van der Waals surface area contributed by atoms with Gasteiger partial charge in [0.05, 0.1) is 11.0 Å². The van der Waals surface area contributed by atoms with Crippen LogP contribution in [0, 0.1) is 0 Å². The van der Waals surface area contributed by atoms with Gasteiger partial charge in [0.25, 0.3) is 5.91 Å². The summed E-state index contributed by atoms with van der Waals surface area (Å²) in [6, 6.07) is 20.0. The average molecular weight is 566 g/mol. The van der Waals surface area contributed by atoms with E-state index in [1.54, 1.807) is 47.3 Å². The number of amides is 1. The van der Waals surface area contributed by atoms with Crippen LogP contribution in [0.3, 0.4) is 0 Å². The number of carbonyl (C=O) groups is 1. The molecule has 0 unspecified atom stereocenters. The van der Waals surface area contributed by atoms with Crippen molar-refractivity contribution in [2.45, 2.75) is 13.2 Å². The Morgan fingerprint density at radius 1 is 0.970 bits per heavy atom. The summed E-state index contributed by atoms with van der Waals surface area (Å²) in [5.41, 5.74) is 2.03. The first-order valence-corrected chi connectivity index (χ1v) is 11.8. The molecule has 1 amide bonds. The number of hydrogen-bond donors (Lipinski definition) is 1. The third-order valence-electron chi connectivity index (χ3n) is 4.75. The number of nitrogens with zero attached hydrogens (tertiary/aromatic N) is 2. The zero-order valence-corrected chi connectivity index (χ0v) is 20.9. The molecule has 0 radical (unpaired) electrons. The molecule has 0 spiro atoms. The molecular weight excluding hydrogens is 549 g/mol. The van der Waals surface area contributed by atoms with Crippen LogP contribution in [0.1, 0.15) is 21.5 Å². The van der Waals surface area contributed by atoms with E-state index in [0.717, 1.165) is 21.3 Å². The zero-order valence-electron chi connectivity index (χ0n) is 17.1. The second-order valence-corrected chi connectivity index (χ2v) is 9.17. The van der Waals surface area contributed by atoms with Crippen LogP contribution in [0.4, 0.5) is 5.82 Å². The van der Waals surface area contributed by atoms with E-state index in [-0.39, 0.29) is 11.7 Å². The lowest BCUT2D eigenvalue weighted by atomic mass is 10.1. The fraction of sp³-hybridized carbons (Fsp3) is 0.0833. The highest BCUT2D eigenvalue weighted by atomic mass is 79.9. The fourth-order valence-electron chi connectivity index (χ4n) is 3.11. The van der Waals surface area contributed by atoms with Crippen LogP contribution in [0.25, 0.3) is 0 Å². The number of anilines is 1. The van der Waals surface area contributed by atoms with E-state index < -0.39 is 0 Å². The van der Waals surface area contributed by atoms with Gasteiger partial charge in [-0.25, -0.2) is 0 Å². The van der Waals surface area contributed by atoms with Gasteiger partial charge < -0.3 is 10.1 Å². The molecule has 168 valence electrons. The summed E-state index contributed by atoms with van der Waals surface area (Å²) in [5, 5.41) is 8.48. The van der Waals surface area contributed by atoms with E-state index in [2.05, 4.69) is 26.3 Å². The van der Waals surface area contributed by atoms with Crippen LogP contribution in [0.2, 0.25) is 15.1 Å². The van der Waals surface area contributed by atoms with Gasteiger partial charge >= 0.3 is 0 Å². The normalized spacial score (nSPS) is 10.8. The van der Waals surface area contributed by atoms with E-state index in [1.165, 1.54) is 0 Å². The molecule has 4 rings (SSSR count). The van der Waals surface area contributed by atoms with Gasteiger partial charge in [0.1, 0.15) is 17.4 Å². The van der Waals surface area contributed by atoms with Crippen LogP contribution in [0.5, 0.6) is 5.75 Å². The average Bonchev–Trinajstić information content (AvgIpc) is 3.14. The number of benzene rings is 3. The third kappa shape index (κ3) is 5.89. The minimum atomic E-state index is -0.333. The lowest BCUT2D eigenvalue weighted by molar-refractivity contribution is 0.102. The monoisotopic (exact) mass is 563 g/mol. The highest BCUT2D eigenvalue weighted by molar-refractivity contribution is 9.10. The molecule has 1 heterocycles. The van der Waals surface area contributed by atoms with Gasteiger partial charge in [0.2, 0.25) is 0 Å². The van der Waals surface area contributed by atoms with Gasteiger partial charge in [-0.15, -0.1) is 0 Å². The van der Waals surface area contributed by atoms with Crippen LogP contribution >= 0.6 is 50.7 Å². The van der Waals surface area contributed by atoms with Crippen molar-refractivity contribution in [3.63, 3.8) is 0 Å². The summed E-state index contributed by atoms with van der Waals surface area (Å²) in [6.45, 7) is 0.633. The minimum Gasteiger partial charge on any atom is -0.488 e. The summed E-state index contributed by atoms with van der Waals surface area (Å²) in [7, 11) is 0. The highest BCUT2D eigenvalue weighted by Crippen LogP contribution is 2.27. The van der Waals surface area contributed by atoms with Crippen LogP contribution < -0.4 is 10.1 Å². The van der Waals surface area contributed by atoms with E-state index in [0.29, 0.717) is 33.8 Å². The molecule has 9 heteroatoms. The molecule has 33 heavy (non-hydrogen) atoms. The molecule has 0 atom stereocenters. The van der Waals surface area contributed by atoms with Crippen molar-refractivity contribution in [1.82, 2.24) is 9.78 Å². The predicted molar refractivity (Wildman–Crippen MR) is 136 cm³/mol. The Balaban J connectivity index is 1.44. The molecule has 5 nitrogen and oxygen atoms in total. The van der Waals surface area contributed by atoms with E-state index in [1.807, 2.05) is 30.3 Å². The molecule has 0 saturated heterocycles. The molecule has 0 aliphatic carbocycles. The van der Waals surface area contributed by atoms with Crippen molar-refractivity contribution >= 4 is 62.5 Å². The lowest BCUT2D eigenvalue weighted by Gasteiger charge is -2.09. The summed E-state index contributed by atoms with van der Waals surface area (Å²) in [4.78, 5) is 12.8. The van der Waals surface area contributed by atoms with Crippen LogP contribution in [-0.2, 0) is 13.2 Å². The molecule has 0 aliphatic heterocycles. The first kappa shape index (κ1) is 23.6. The van der Waals surface area contributed by atoms with Crippen LogP contribution in [-0.4, -0.2) is 15.7 Å². The Kier molecular flexibility index (Phi) is 7.60. The standard InChI is InChI=1S/C24H17BrCl3N3O2/c25-18-7-1-2-10-22(18)33-14-15-5-3-6-16(11-15)24(32)29-23-21(28)13-31(30-23)12-17-19(26)8-4-9-20(17)27/h1-11,13H,12,14H2,(H,29,30,32). The number of ether oxygens (including phenoxy) is 1. The maximum atomic E-state index is 12.8. The summed E-state index contributed by atoms with van der Waals surface area (Å²) in [5.74, 6) is 0.642. The van der Waals surface area contributed by atoms with E-state index >= 15 is 0 Å².